The molecule has 132 valence electrons. The van der Waals surface area contributed by atoms with Crippen molar-refractivity contribution in [3.8, 4) is 0 Å². The number of hydrogen-bond acceptors (Lipinski definition) is 2. The summed E-state index contributed by atoms with van der Waals surface area (Å²) in [5, 5.41) is 4.83. The largest absolute Gasteiger partial charge is 0.351 e. The van der Waals surface area contributed by atoms with Gasteiger partial charge < -0.3 is 10.6 Å². The zero-order valence-corrected chi connectivity index (χ0v) is 14.3. The molecule has 0 spiro atoms. The maximum absolute atomic E-state index is 13.7. The van der Waals surface area contributed by atoms with E-state index in [1.165, 1.54) is 19.9 Å². The van der Waals surface area contributed by atoms with E-state index in [0.29, 0.717) is 0 Å². The Hall–Kier alpha value is -2.76. The van der Waals surface area contributed by atoms with Gasteiger partial charge in [-0.1, -0.05) is 35.9 Å². The van der Waals surface area contributed by atoms with Crippen LogP contribution in [0.4, 0.5) is 14.5 Å². The Labute approximate surface area is 145 Å². The second-order valence-electron chi connectivity index (χ2n) is 6.35. The molecule has 0 fully saturated rings. The van der Waals surface area contributed by atoms with Gasteiger partial charge in [0.25, 0.3) is 0 Å². The molecule has 0 aliphatic carbocycles. The Bertz CT molecular complexity index is 784. The Kier molecular flexibility index (Phi) is 5.51. The van der Waals surface area contributed by atoms with Crippen molar-refractivity contribution in [3.63, 3.8) is 0 Å². The molecule has 25 heavy (non-hydrogen) atoms. The first-order chi connectivity index (χ1) is 11.7. The summed E-state index contributed by atoms with van der Waals surface area (Å²) in [5.74, 6) is -3.13. The monoisotopic (exact) mass is 346 g/mol. The van der Waals surface area contributed by atoms with Gasteiger partial charge in [0.1, 0.15) is 22.7 Å². The number of hydrogen-bond donors (Lipinski definition) is 2. The Balaban J connectivity index is 2.06. The Morgan fingerprint density at radius 2 is 1.60 bits per heavy atom. The second kappa shape index (κ2) is 7.42. The summed E-state index contributed by atoms with van der Waals surface area (Å²) in [6, 6.07) is 10.8. The average Bonchev–Trinajstić information content (AvgIpc) is 2.55. The fourth-order valence-electron chi connectivity index (χ4n) is 2.22. The molecule has 6 heteroatoms. The molecule has 0 saturated heterocycles. The van der Waals surface area contributed by atoms with Crippen LogP contribution in [-0.2, 0) is 16.1 Å². The van der Waals surface area contributed by atoms with Crippen molar-refractivity contribution >= 4 is 17.5 Å². The topological polar surface area (TPSA) is 58.2 Å². The lowest BCUT2D eigenvalue weighted by Crippen LogP contribution is -2.45. The van der Waals surface area contributed by atoms with E-state index in [4.69, 9.17) is 0 Å². The molecule has 2 aromatic carbocycles. The van der Waals surface area contributed by atoms with Gasteiger partial charge in [0.05, 0.1) is 0 Å². The molecule has 0 bridgehead atoms. The van der Waals surface area contributed by atoms with Crippen LogP contribution in [0.3, 0.4) is 0 Å². The van der Waals surface area contributed by atoms with Gasteiger partial charge in [-0.15, -0.1) is 0 Å². The van der Waals surface area contributed by atoms with Crippen molar-refractivity contribution < 1.29 is 18.4 Å². The molecule has 2 aromatic rings. The van der Waals surface area contributed by atoms with Gasteiger partial charge in [-0.2, -0.15) is 0 Å². The average molecular weight is 346 g/mol. The molecule has 0 heterocycles. The van der Waals surface area contributed by atoms with Crippen LogP contribution in [0, 0.1) is 24.0 Å². The van der Waals surface area contributed by atoms with E-state index < -0.39 is 34.6 Å². The van der Waals surface area contributed by atoms with E-state index in [1.807, 2.05) is 31.2 Å². The normalized spacial score (nSPS) is 11.1. The van der Waals surface area contributed by atoms with Crippen molar-refractivity contribution in [3.05, 3.63) is 65.2 Å². The van der Waals surface area contributed by atoms with Crippen molar-refractivity contribution in [2.24, 2.45) is 5.41 Å². The van der Waals surface area contributed by atoms with Crippen LogP contribution in [0.1, 0.15) is 25.0 Å². The minimum atomic E-state index is -1.50. The number of amides is 2. The van der Waals surface area contributed by atoms with Gasteiger partial charge in [-0.05, 0) is 38.5 Å². The van der Waals surface area contributed by atoms with Gasteiger partial charge in [0.2, 0.25) is 11.8 Å². The molecule has 0 radical (unpaired) electrons. The van der Waals surface area contributed by atoms with Crippen LogP contribution >= 0.6 is 0 Å². The summed E-state index contributed by atoms with van der Waals surface area (Å²) >= 11 is 0. The Morgan fingerprint density at radius 3 is 2.20 bits per heavy atom. The predicted octanol–water partition coefficient (Wildman–Crippen LogP) is 3.55. The van der Waals surface area contributed by atoms with E-state index in [-0.39, 0.29) is 6.54 Å². The maximum Gasteiger partial charge on any atom is 0.239 e. The highest BCUT2D eigenvalue weighted by Gasteiger charge is 2.36. The van der Waals surface area contributed by atoms with Crippen LogP contribution in [0.5, 0.6) is 0 Å². The van der Waals surface area contributed by atoms with E-state index >= 15 is 0 Å². The van der Waals surface area contributed by atoms with E-state index in [9.17, 15) is 18.4 Å². The molecule has 0 saturated carbocycles. The van der Waals surface area contributed by atoms with Crippen molar-refractivity contribution in [2.75, 3.05) is 5.32 Å². The molecule has 0 aliphatic heterocycles. The van der Waals surface area contributed by atoms with Crippen molar-refractivity contribution in [2.45, 2.75) is 27.3 Å². The summed E-state index contributed by atoms with van der Waals surface area (Å²) < 4.78 is 27.3. The van der Waals surface area contributed by atoms with Gasteiger partial charge in [-0.25, -0.2) is 8.78 Å². The summed E-state index contributed by atoms with van der Waals surface area (Å²) in [6.45, 7) is 4.98. The predicted molar refractivity (Wildman–Crippen MR) is 91.8 cm³/mol. The molecule has 0 aromatic heterocycles. The fourth-order valence-corrected chi connectivity index (χ4v) is 2.22. The maximum atomic E-state index is 13.7. The van der Waals surface area contributed by atoms with Gasteiger partial charge in [0.15, 0.2) is 0 Å². The van der Waals surface area contributed by atoms with Crippen molar-refractivity contribution in [1.82, 2.24) is 5.32 Å². The zero-order valence-electron chi connectivity index (χ0n) is 14.3. The summed E-state index contributed by atoms with van der Waals surface area (Å²) in [7, 11) is 0. The molecule has 4 nitrogen and oxygen atoms in total. The number of nitrogens with one attached hydrogen (secondary N) is 2. The number of benzene rings is 2. The first-order valence-corrected chi connectivity index (χ1v) is 7.81. The van der Waals surface area contributed by atoms with E-state index in [2.05, 4.69) is 10.6 Å². The summed E-state index contributed by atoms with van der Waals surface area (Å²) in [5.41, 5.74) is -0.117. The van der Waals surface area contributed by atoms with Crippen LogP contribution in [0.25, 0.3) is 0 Å². The summed E-state index contributed by atoms with van der Waals surface area (Å²) in [6.07, 6.45) is 0. The van der Waals surface area contributed by atoms with E-state index in [1.54, 1.807) is 0 Å². The minimum Gasteiger partial charge on any atom is -0.351 e. The second-order valence-corrected chi connectivity index (χ2v) is 6.35. The SMILES string of the molecule is Cc1cccc(CNC(=O)C(C)(C)C(=O)Nc2c(F)cccc2F)c1. The molecule has 2 N–H and O–H groups in total. The molecule has 0 unspecified atom stereocenters. The first kappa shape index (κ1) is 18.6. The highest BCUT2D eigenvalue weighted by atomic mass is 19.1. The third kappa shape index (κ3) is 4.41. The number of rotatable bonds is 5. The highest BCUT2D eigenvalue weighted by Crippen LogP contribution is 2.23. The third-order valence-corrected chi connectivity index (χ3v) is 3.87. The number of halogens is 2. The lowest BCUT2D eigenvalue weighted by Gasteiger charge is -2.23. The molecule has 2 rings (SSSR count). The zero-order chi connectivity index (χ0) is 18.6. The fraction of sp³-hybridized carbons (Fsp3) is 0.263. The quantitative estimate of drug-likeness (QED) is 0.814. The van der Waals surface area contributed by atoms with Crippen molar-refractivity contribution in [1.29, 1.82) is 0 Å². The Morgan fingerprint density at radius 1 is 1.00 bits per heavy atom. The van der Waals surface area contributed by atoms with Crippen LogP contribution in [-0.4, -0.2) is 11.8 Å². The van der Waals surface area contributed by atoms with Gasteiger partial charge >= 0.3 is 0 Å². The minimum absolute atomic E-state index is 0.255. The lowest BCUT2D eigenvalue weighted by atomic mass is 9.90. The standard InChI is InChI=1S/C19H20F2N2O2/c1-12-6-4-7-13(10-12)11-22-17(24)19(2,3)18(25)23-16-14(20)8-5-9-15(16)21/h4-10H,11H2,1-3H3,(H,22,24)(H,23,25). The number of para-hydroxylation sites is 1. The highest BCUT2D eigenvalue weighted by molar-refractivity contribution is 6.09. The smallest absolute Gasteiger partial charge is 0.239 e. The van der Waals surface area contributed by atoms with Gasteiger partial charge in [-0.3, -0.25) is 9.59 Å². The van der Waals surface area contributed by atoms with Crippen LogP contribution < -0.4 is 10.6 Å². The molecular formula is C19H20F2N2O2. The molecule has 2 amide bonds. The number of aryl methyl sites for hydroxylation is 1. The van der Waals surface area contributed by atoms with Crippen LogP contribution in [0.2, 0.25) is 0 Å². The van der Waals surface area contributed by atoms with E-state index in [0.717, 1.165) is 23.3 Å². The van der Waals surface area contributed by atoms with Gasteiger partial charge in [0, 0.05) is 6.54 Å². The third-order valence-electron chi connectivity index (χ3n) is 3.87. The number of carbonyl (C=O) groups is 2. The summed E-state index contributed by atoms with van der Waals surface area (Å²) in [4.78, 5) is 24.7. The van der Waals surface area contributed by atoms with Crippen LogP contribution in [0.15, 0.2) is 42.5 Å². The lowest BCUT2D eigenvalue weighted by molar-refractivity contribution is -0.138. The first-order valence-electron chi connectivity index (χ1n) is 7.81. The molecule has 0 atom stereocenters. The number of carbonyl (C=O) groups excluding carboxylic acids is 2. The number of anilines is 1. The molecular weight excluding hydrogens is 326 g/mol. The molecule has 0 aliphatic rings.